The predicted octanol–water partition coefficient (Wildman–Crippen LogP) is 3.08. The van der Waals surface area contributed by atoms with Crippen molar-refractivity contribution in [1.82, 2.24) is 15.0 Å². The Bertz CT molecular complexity index is 995. The number of benzene rings is 1. The smallest absolute Gasteiger partial charge is 0.276 e. The maximum Gasteiger partial charge on any atom is 0.276 e. The summed E-state index contributed by atoms with van der Waals surface area (Å²) in [5, 5.41) is 15.4. The quantitative estimate of drug-likeness (QED) is 0.714. The van der Waals surface area contributed by atoms with Crippen molar-refractivity contribution in [2.24, 2.45) is 5.92 Å². The molecule has 4 rings (SSSR count). The average molecular weight is 395 g/mol. The van der Waals surface area contributed by atoms with Crippen LogP contribution >= 0.6 is 0 Å². The van der Waals surface area contributed by atoms with Gasteiger partial charge in [-0.2, -0.15) is 0 Å². The summed E-state index contributed by atoms with van der Waals surface area (Å²) < 4.78 is 11.4. The van der Waals surface area contributed by atoms with Gasteiger partial charge in [-0.05, 0) is 30.2 Å². The van der Waals surface area contributed by atoms with E-state index in [2.05, 4.69) is 24.0 Å². The molecule has 0 unspecified atom stereocenters. The number of ether oxygens (including phenoxy) is 1. The Labute approximate surface area is 169 Å². The van der Waals surface area contributed by atoms with E-state index >= 15 is 0 Å². The maximum absolute atomic E-state index is 12.7. The third-order valence-corrected chi connectivity index (χ3v) is 5.08. The van der Waals surface area contributed by atoms with Crippen LogP contribution in [0.1, 0.15) is 36.5 Å². The number of aliphatic hydroxyl groups is 1. The third kappa shape index (κ3) is 4.24. The van der Waals surface area contributed by atoms with Crippen LogP contribution in [-0.2, 0) is 6.42 Å². The van der Waals surface area contributed by atoms with Crippen LogP contribution in [0.2, 0.25) is 0 Å². The second kappa shape index (κ2) is 8.21. The van der Waals surface area contributed by atoms with Crippen molar-refractivity contribution in [1.29, 1.82) is 0 Å². The third-order valence-electron chi connectivity index (χ3n) is 5.08. The molecule has 3 aromatic rings. The van der Waals surface area contributed by atoms with Crippen LogP contribution in [0.4, 0.5) is 0 Å². The summed E-state index contributed by atoms with van der Waals surface area (Å²) in [6, 6.07) is 11.2. The molecule has 0 bridgehead atoms. The minimum absolute atomic E-state index is 0.193. The molecule has 1 amide bonds. The van der Waals surface area contributed by atoms with Gasteiger partial charge in [-0.3, -0.25) is 9.78 Å². The van der Waals surface area contributed by atoms with E-state index in [0.717, 1.165) is 17.3 Å². The van der Waals surface area contributed by atoms with Crippen molar-refractivity contribution in [3.63, 3.8) is 0 Å². The summed E-state index contributed by atoms with van der Waals surface area (Å²) in [4.78, 5) is 18.7. The van der Waals surface area contributed by atoms with Gasteiger partial charge < -0.3 is 19.3 Å². The van der Waals surface area contributed by atoms with Gasteiger partial charge in [0.05, 0.1) is 12.1 Å². The number of aromatic nitrogens is 2. The number of piperidine rings is 1. The topological polar surface area (TPSA) is 88.7 Å². The standard InChI is InChI=1S/C22H25N3O4/c1-14(2)11-15-12-18(24-29-15)22(27)25-10-8-21(19(26)13-25)28-20-7-3-6-17-16(20)5-4-9-23-17/h3-7,9,12,14,19,21,26H,8,10-11,13H2,1-2H3/t19-,21-/m1/s1. The second-order valence-electron chi connectivity index (χ2n) is 7.87. The van der Waals surface area contributed by atoms with Gasteiger partial charge in [0.25, 0.3) is 5.91 Å². The van der Waals surface area contributed by atoms with Crippen LogP contribution in [0.15, 0.2) is 47.1 Å². The number of carbonyl (C=O) groups is 1. The van der Waals surface area contributed by atoms with E-state index in [1.807, 2.05) is 30.3 Å². The summed E-state index contributed by atoms with van der Waals surface area (Å²) in [7, 11) is 0. The van der Waals surface area contributed by atoms with Gasteiger partial charge in [0.15, 0.2) is 5.69 Å². The van der Waals surface area contributed by atoms with E-state index in [-0.39, 0.29) is 18.1 Å². The molecule has 7 heteroatoms. The summed E-state index contributed by atoms with van der Waals surface area (Å²) in [5.74, 6) is 1.58. The predicted molar refractivity (Wildman–Crippen MR) is 108 cm³/mol. The molecular formula is C22H25N3O4. The van der Waals surface area contributed by atoms with E-state index in [4.69, 9.17) is 9.26 Å². The van der Waals surface area contributed by atoms with Gasteiger partial charge in [-0.15, -0.1) is 0 Å². The molecular weight excluding hydrogens is 370 g/mol. The van der Waals surface area contributed by atoms with Crippen LogP contribution in [-0.4, -0.2) is 51.4 Å². The van der Waals surface area contributed by atoms with Gasteiger partial charge in [0.1, 0.15) is 23.7 Å². The number of amides is 1. The van der Waals surface area contributed by atoms with Crippen molar-refractivity contribution in [3.05, 3.63) is 54.0 Å². The molecule has 29 heavy (non-hydrogen) atoms. The fraction of sp³-hybridized carbons (Fsp3) is 0.409. The molecule has 1 aromatic carbocycles. The Morgan fingerprint density at radius 2 is 2.21 bits per heavy atom. The molecule has 0 saturated carbocycles. The number of rotatable bonds is 5. The number of hydrogen-bond donors (Lipinski definition) is 1. The number of likely N-dealkylation sites (tertiary alicyclic amines) is 1. The molecule has 3 heterocycles. The summed E-state index contributed by atoms with van der Waals surface area (Å²) in [5.41, 5.74) is 1.13. The lowest BCUT2D eigenvalue weighted by Crippen LogP contribution is -2.51. The lowest BCUT2D eigenvalue weighted by Gasteiger charge is -2.35. The molecule has 1 aliphatic heterocycles. The first-order chi connectivity index (χ1) is 14.0. The van der Waals surface area contributed by atoms with Gasteiger partial charge in [0.2, 0.25) is 0 Å². The van der Waals surface area contributed by atoms with Crippen molar-refractivity contribution in [2.45, 2.75) is 38.9 Å². The molecule has 1 fully saturated rings. The summed E-state index contributed by atoms with van der Waals surface area (Å²) >= 11 is 0. The lowest BCUT2D eigenvalue weighted by atomic mass is 10.0. The first-order valence-corrected chi connectivity index (χ1v) is 9.94. The lowest BCUT2D eigenvalue weighted by molar-refractivity contribution is -0.0195. The number of nitrogens with zero attached hydrogens (tertiary/aromatic N) is 3. The average Bonchev–Trinajstić information content (AvgIpc) is 3.17. The number of aliphatic hydroxyl groups excluding tert-OH is 1. The van der Waals surface area contributed by atoms with E-state index in [1.54, 1.807) is 17.2 Å². The summed E-state index contributed by atoms with van der Waals surface area (Å²) in [6.07, 6.45) is 1.82. The highest BCUT2D eigenvalue weighted by atomic mass is 16.5. The van der Waals surface area contributed by atoms with Gasteiger partial charge >= 0.3 is 0 Å². The van der Waals surface area contributed by atoms with Crippen molar-refractivity contribution in [3.8, 4) is 5.75 Å². The van der Waals surface area contributed by atoms with E-state index in [1.165, 1.54) is 0 Å². The maximum atomic E-state index is 12.7. The molecule has 1 aliphatic rings. The Kier molecular flexibility index (Phi) is 5.49. The van der Waals surface area contributed by atoms with Crippen molar-refractivity contribution < 1.29 is 19.2 Å². The van der Waals surface area contributed by atoms with Gasteiger partial charge in [-0.25, -0.2) is 0 Å². The van der Waals surface area contributed by atoms with E-state index in [0.29, 0.717) is 30.4 Å². The van der Waals surface area contributed by atoms with Crippen LogP contribution in [0.25, 0.3) is 10.9 Å². The fourth-order valence-corrected chi connectivity index (χ4v) is 3.65. The Hall–Kier alpha value is -2.93. The van der Waals surface area contributed by atoms with Crippen LogP contribution < -0.4 is 4.74 Å². The molecule has 152 valence electrons. The van der Waals surface area contributed by atoms with Crippen LogP contribution in [0.5, 0.6) is 5.75 Å². The summed E-state index contributed by atoms with van der Waals surface area (Å²) in [6.45, 7) is 4.84. The van der Waals surface area contributed by atoms with Crippen LogP contribution in [0.3, 0.4) is 0 Å². The zero-order chi connectivity index (χ0) is 20.4. The highest BCUT2D eigenvalue weighted by molar-refractivity contribution is 5.92. The molecule has 7 nitrogen and oxygen atoms in total. The zero-order valence-electron chi connectivity index (χ0n) is 16.6. The molecule has 1 N–H and O–H groups in total. The number of hydrogen-bond acceptors (Lipinski definition) is 6. The number of carbonyl (C=O) groups excluding carboxylic acids is 1. The van der Waals surface area contributed by atoms with Gasteiger partial charge in [-0.1, -0.05) is 25.1 Å². The first kappa shape index (κ1) is 19.4. The van der Waals surface area contributed by atoms with E-state index in [9.17, 15) is 9.90 Å². The minimum Gasteiger partial charge on any atom is -0.487 e. The molecule has 0 spiro atoms. The Morgan fingerprint density at radius 3 is 3.00 bits per heavy atom. The van der Waals surface area contributed by atoms with Crippen LogP contribution in [0, 0.1) is 5.92 Å². The second-order valence-corrected chi connectivity index (χ2v) is 7.87. The normalized spacial score (nSPS) is 19.7. The number of β-amino-alcohol motifs (C(OH)–C–C–N with tert-alkyl or cyclic N) is 1. The minimum atomic E-state index is -0.790. The van der Waals surface area contributed by atoms with Crippen molar-refractivity contribution >= 4 is 16.8 Å². The first-order valence-electron chi connectivity index (χ1n) is 9.94. The highest BCUT2D eigenvalue weighted by Gasteiger charge is 2.33. The number of pyridine rings is 1. The van der Waals surface area contributed by atoms with E-state index < -0.39 is 12.2 Å². The molecule has 2 atom stereocenters. The molecule has 0 radical (unpaired) electrons. The zero-order valence-corrected chi connectivity index (χ0v) is 16.6. The highest BCUT2D eigenvalue weighted by Crippen LogP contribution is 2.27. The molecule has 1 saturated heterocycles. The Balaban J connectivity index is 1.41. The monoisotopic (exact) mass is 395 g/mol. The van der Waals surface area contributed by atoms with Crippen molar-refractivity contribution in [2.75, 3.05) is 13.1 Å². The van der Waals surface area contributed by atoms with Gasteiger partial charge in [0, 0.05) is 37.0 Å². The molecule has 2 aromatic heterocycles. The fourth-order valence-electron chi connectivity index (χ4n) is 3.65. The number of fused-ring (bicyclic) bond motifs is 1. The largest absolute Gasteiger partial charge is 0.487 e. The molecule has 0 aliphatic carbocycles. The SMILES string of the molecule is CC(C)Cc1cc(C(=O)N2CC[C@@H](Oc3cccc4ncccc34)[C@H](O)C2)no1. The Morgan fingerprint density at radius 1 is 1.34 bits per heavy atom.